The summed E-state index contributed by atoms with van der Waals surface area (Å²) in [6.45, 7) is 1.55. The van der Waals surface area contributed by atoms with Gasteiger partial charge in [0.1, 0.15) is 16.5 Å². The number of nitrogens with zero attached hydrogens (tertiary/aromatic N) is 5. The van der Waals surface area contributed by atoms with E-state index in [2.05, 4.69) is 20.5 Å². The van der Waals surface area contributed by atoms with Crippen molar-refractivity contribution in [3.05, 3.63) is 71.8 Å². The number of nitrogens with two attached hydrogens (primary N) is 1. The van der Waals surface area contributed by atoms with Gasteiger partial charge < -0.3 is 16.0 Å². The first kappa shape index (κ1) is 22.6. The van der Waals surface area contributed by atoms with Crippen LogP contribution in [0.2, 0.25) is 0 Å². The van der Waals surface area contributed by atoms with Crippen LogP contribution in [0.1, 0.15) is 16.1 Å². The molecule has 0 bridgehead atoms. The van der Waals surface area contributed by atoms with Crippen molar-refractivity contribution in [1.82, 2.24) is 24.8 Å². The van der Waals surface area contributed by atoms with E-state index in [1.807, 2.05) is 4.90 Å². The van der Waals surface area contributed by atoms with E-state index in [0.717, 1.165) is 5.56 Å². The van der Waals surface area contributed by atoms with E-state index >= 15 is 0 Å². The number of benzene rings is 1. The molecule has 1 fully saturated rings. The molecule has 1 saturated heterocycles. The lowest BCUT2D eigenvalue weighted by atomic mass is 10.2. The minimum Gasteiger partial charge on any atom is -0.383 e. The summed E-state index contributed by atoms with van der Waals surface area (Å²) >= 11 is 0. The van der Waals surface area contributed by atoms with Crippen molar-refractivity contribution in [3.8, 4) is 0 Å². The molecule has 0 atom stereocenters. The highest BCUT2D eigenvalue weighted by Gasteiger charge is 2.30. The van der Waals surface area contributed by atoms with Crippen LogP contribution in [0.4, 0.5) is 16.0 Å². The van der Waals surface area contributed by atoms with Gasteiger partial charge in [-0.15, -0.1) is 10.2 Å². The quantitative estimate of drug-likeness (QED) is 0.545. The molecule has 3 heterocycles. The molecule has 12 heteroatoms. The Labute approximate surface area is 190 Å². The topological polar surface area (TPSA) is 134 Å². The zero-order valence-corrected chi connectivity index (χ0v) is 18.4. The van der Waals surface area contributed by atoms with E-state index < -0.39 is 15.9 Å². The maximum atomic E-state index is 13.0. The fourth-order valence-corrected chi connectivity index (χ4v) is 4.90. The van der Waals surface area contributed by atoms with Gasteiger partial charge in [-0.1, -0.05) is 12.1 Å². The van der Waals surface area contributed by atoms with Gasteiger partial charge >= 0.3 is 0 Å². The van der Waals surface area contributed by atoms with Gasteiger partial charge in [-0.25, -0.2) is 17.8 Å². The highest BCUT2D eigenvalue weighted by Crippen LogP contribution is 2.22. The van der Waals surface area contributed by atoms with Gasteiger partial charge in [0.05, 0.1) is 0 Å². The van der Waals surface area contributed by atoms with Crippen LogP contribution in [0.15, 0.2) is 59.6 Å². The molecule has 1 aromatic carbocycles. The van der Waals surface area contributed by atoms with Gasteiger partial charge in [0.25, 0.3) is 5.91 Å². The first-order valence-electron chi connectivity index (χ1n) is 10.2. The Morgan fingerprint density at radius 1 is 1.03 bits per heavy atom. The Hall–Kier alpha value is -3.64. The van der Waals surface area contributed by atoms with Crippen LogP contribution in [0.25, 0.3) is 0 Å². The Kier molecular flexibility index (Phi) is 6.47. The van der Waals surface area contributed by atoms with Crippen LogP contribution in [0.5, 0.6) is 0 Å². The number of halogens is 1. The second-order valence-corrected chi connectivity index (χ2v) is 9.27. The molecule has 0 saturated carbocycles. The summed E-state index contributed by atoms with van der Waals surface area (Å²) in [7, 11) is -3.74. The first-order valence-corrected chi connectivity index (χ1v) is 11.6. The molecule has 0 unspecified atom stereocenters. The molecule has 1 amide bonds. The number of aromatic nitrogens is 3. The zero-order valence-electron chi connectivity index (χ0n) is 17.6. The molecule has 1 aliphatic heterocycles. The number of carbonyl (C=O) groups excluding carboxylic acids is 1. The van der Waals surface area contributed by atoms with E-state index in [-0.39, 0.29) is 41.9 Å². The van der Waals surface area contributed by atoms with Gasteiger partial charge in [-0.05, 0) is 42.0 Å². The molecule has 4 rings (SSSR count). The van der Waals surface area contributed by atoms with Crippen LogP contribution in [0.3, 0.4) is 0 Å². The van der Waals surface area contributed by atoms with E-state index in [1.165, 1.54) is 34.8 Å². The highest BCUT2D eigenvalue weighted by atomic mass is 32.2. The van der Waals surface area contributed by atoms with Gasteiger partial charge in [-0.3, -0.25) is 4.79 Å². The van der Waals surface area contributed by atoms with Gasteiger partial charge in [-0.2, -0.15) is 4.31 Å². The van der Waals surface area contributed by atoms with Crippen LogP contribution in [-0.4, -0.2) is 60.0 Å². The Balaban J connectivity index is 1.34. The number of hydrogen-bond acceptors (Lipinski definition) is 8. The number of nitrogen functional groups attached to an aromatic ring is 1. The number of nitrogens with one attached hydrogen (secondary N) is 1. The molecule has 0 spiro atoms. The number of amides is 1. The largest absolute Gasteiger partial charge is 0.383 e. The average molecular weight is 472 g/mol. The minimum atomic E-state index is -3.74. The van der Waals surface area contributed by atoms with Gasteiger partial charge in [0.2, 0.25) is 10.0 Å². The lowest BCUT2D eigenvalue weighted by Gasteiger charge is -2.34. The number of hydrogen-bond donors (Lipinski definition) is 2. The molecule has 1 aliphatic rings. The van der Waals surface area contributed by atoms with Gasteiger partial charge in [0.15, 0.2) is 11.5 Å². The lowest BCUT2D eigenvalue weighted by Crippen LogP contribution is -2.49. The number of carbonyl (C=O) groups is 1. The molecule has 3 N–H and O–H groups in total. The Bertz CT molecular complexity index is 1230. The smallest absolute Gasteiger partial charge is 0.272 e. The molecular weight excluding hydrogens is 449 g/mol. The predicted molar refractivity (Wildman–Crippen MR) is 119 cm³/mol. The third-order valence-corrected chi connectivity index (χ3v) is 7.18. The number of rotatable bonds is 6. The monoisotopic (exact) mass is 471 g/mol. The van der Waals surface area contributed by atoms with Crippen molar-refractivity contribution < 1.29 is 17.6 Å². The predicted octanol–water partition coefficient (Wildman–Crippen LogP) is 1.03. The van der Waals surface area contributed by atoms with Gasteiger partial charge in [0, 0.05) is 38.9 Å². The number of pyridine rings is 1. The Morgan fingerprint density at radius 3 is 2.39 bits per heavy atom. The third kappa shape index (κ3) is 5.07. The molecule has 172 valence electrons. The average Bonchev–Trinajstić information content (AvgIpc) is 2.84. The summed E-state index contributed by atoms with van der Waals surface area (Å²) in [6.07, 6.45) is 1.44. The van der Waals surface area contributed by atoms with Crippen LogP contribution in [-0.2, 0) is 16.6 Å². The minimum absolute atomic E-state index is 0.00533. The molecule has 3 aromatic rings. The third-order valence-electron chi connectivity index (χ3n) is 5.23. The molecule has 0 aliphatic carbocycles. The van der Waals surface area contributed by atoms with Crippen molar-refractivity contribution in [1.29, 1.82) is 0 Å². The summed E-state index contributed by atoms with van der Waals surface area (Å²) in [5.74, 6) is -0.225. The molecular formula is C21H22FN7O3S. The highest BCUT2D eigenvalue weighted by molar-refractivity contribution is 7.89. The summed E-state index contributed by atoms with van der Waals surface area (Å²) < 4.78 is 40.0. The second kappa shape index (κ2) is 9.46. The maximum absolute atomic E-state index is 13.0. The lowest BCUT2D eigenvalue weighted by molar-refractivity contribution is 0.0945. The zero-order chi connectivity index (χ0) is 23.4. The van der Waals surface area contributed by atoms with Crippen LogP contribution >= 0.6 is 0 Å². The van der Waals surface area contributed by atoms with Crippen molar-refractivity contribution in [2.45, 2.75) is 11.4 Å². The molecule has 0 radical (unpaired) electrons. The van der Waals surface area contributed by atoms with E-state index in [4.69, 9.17) is 5.73 Å². The summed E-state index contributed by atoms with van der Waals surface area (Å²) in [5.41, 5.74) is 6.64. The maximum Gasteiger partial charge on any atom is 0.272 e. The SMILES string of the molecule is Nc1ncccc1S(=O)(=O)N1CCN(c2ccc(C(=O)NCc3ccc(F)cc3)nn2)CC1. The van der Waals surface area contributed by atoms with E-state index in [1.54, 1.807) is 24.3 Å². The molecule has 2 aromatic heterocycles. The van der Waals surface area contributed by atoms with Crippen molar-refractivity contribution in [2.24, 2.45) is 0 Å². The molecule has 33 heavy (non-hydrogen) atoms. The van der Waals surface area contributed by atoms with Crippen LogP contribution < -0.4 is 16.0 Å². The summed E-state index contributed by atoms with van der Waals surface area (Å²) in [4.78, 5) is 18.0. The number of piperazine rings is 1. The standard InChI is InChI=1S/C21H22FN7O3S/c22-16-5-3-15(4-6-16)14-25-21(30)17-7-8-19(27-26-17)28-10-12-29(13-11-28)33(31,32)18-2-1-9-24-20(18)23/h1-9H,10-14H2,(H2,23,24)(H,25,30). The van der Waals surface area contributed by atoms with Crippen molar-refractivity contribution in [3.63, 3.8) is 0 Å². The normalized spacial score (nSPS) is 14.8. The summed E-state index contributed by atoms with van der Waals surface area (Å²) in [6, 6.07) is 12.0. The summed E-state index contributed by atoms with van der Waals surface area (Å²) in [5, 5.41) is 10.8. The fourth-order valence-electron chi connectivity index (χ4n) is 3.41. The first-order chi connectivity index (χ1) is 15.8. The number of anilines is 2. The van der Waals surface area contributed by atoms with E-state index in [0.29, 0.717) is 18.9 Å². The Morgan fingerprint density at radius 2 is 1.76 bits per heavy atom. The second-order valence-electron chi connectivity index (χ2n) is 7.36. The van der Waals surface area contributed by atoms with E-state index in [9.17, 15) is 17.6 Å². The fraction of sp³-hybridized carbons (Fsp3) is 0.238. The van der Waals surface area contributed by atoms with Crippen LogP contribution in [0, 0.1) is 5.82 Å². The molecule has 10 nitrogen and oxygen atoms in total. The van der Waals surface area contributed by atoms with Crippen molar-refractivity contribution >= 4 is 27.6 Å². The number of sulfonamides is 1. The van der Waals surface area contributed by atoms with Crippen molar-refractivity contribution in [2.75, 3.05) is 36.8 Å².